The molecule has 27 heavy (non-hydrogen) atoms. The van der Waals surface area contributed by atoms with E-state index in [0.717, 1.165) is 42.2 Å². The van der Waals surface area contributed by atoms with Crippen molar-refractivity contribution in [2.75, 3.05) is 31.9 Å². The molecule has 0 spiro atoms. The molecule has 2 aromatic carbocycles. The first kappa shape index (κ1) is 17.5. The van der Waals surface area contributed by atoms with Crippen molar-refractivity contribution in [2.24, 2.45) is 4.99 Å². The molecule has 138 valence electrons. The number of nitrogens with one attached hydrogen (secondary N) is 2. The van der Waals surface area contributed by atoms with Gasteiger partial charge in [-0.25, -0.2) is 9.97 Å². The smallest absolute Gasteiger partial charge is 0.203 e. The molecule has 0 aliphatic carbocycles. The summed E-state index contributed by atoms with van der Waals surface area (Å²) >= 11 is 3.07. The van der Waals surface area contributed by atoms with Crippen molar-refractivity contribution in [1.82, 2.24) is 9.97 Å². The van der Waals surface area contributed by atoms with Crippen LogP contribution in [-0.4, -0.2) is 37.2 Å². The highest BCUT2D eigenvalue weighted by atomic mass is 32.1. The highest BCUT2D eigenvalue weighted by Gasteiger charge is 2.10. The summed E-state index contributed by atoms with van der Waals surface area (Å²) in [6.07, 6.45) is 0. The van der Waals surface area contributed by atoms with E-state index in [4.69, 9.17) is 9.47 Å². The molecule has 0 bridgehead atoms. The fourth-order valence-electron chi connectivity index (χ4n) is 2.52. The fraction of sp³-hybridized carbons (Fsp3) is 0.167. The number of benzene rings is 2. The molecule has 0 unspecified atom stereocenters. The van der Waals surface area contributed by atoms with E-state index in [1.807, 2.05) is 36.4 Å². The Morgan fingerprint density at radius 3 is 1.74 bits per heavy atom. The van der Waals surface area contributed by atoms with E-state index in [-0.39, 0.29) is 0 Å². The van der Waals surface area contributed by atoms with Crippen molar-refractivity contribution in [3.05, 3.63) is 36.4 Å². The quantitative estimate of drug-likeness (QED) is 0.390. The van der Waals surface area contributed by atoms with Crippen molar-refractivity contribution in [2.45, 2.75) is 0 Å². The third kappa shape index (κ3) is 3.64. The first-order chi connectivity index (χ1) is 13.2. The standard InChI is InChI=1S/C18H17N5O2S2/c1-19-16(22-17-20-12-6-4-10(24-2)8-14(12)26-17)23-18-21-13-7-5-11(25-3)9-15(13)27-18/h4-9H,1-3H3,(H2,19,20,21,22,23). The number of hydrogen-bond acceptors (Lipinski definition) is 7. The molecule has 0 amide bonds. The Bertz CT molecular complexity index is 1050. The van der Waals surface area contributed by atoms with E-state index in [1.165, 1.54) is 22.7 Å². The molecule has 0 radical (unpaired) electrons. The van der Waals surface area contributed by atoms with Gasteiger partial charge < -0.3 is 20.1 Å². The molecule has 2 heterocycles. The molecule has 4 rings (SSSR count). The number of aliphatic imine (C=N–C) groups is 1. The zero-order valence-corrected chi connectivity index (χ0v) is 16.6. The van der Waals surface area contributed by atoms with E-state index in [0.29, 0.717) is 5.96 Å². The number of ether oxygens (including phenoxy) is 2. The number of nitrogens with zero attached hydrogens (tertiary/aromatic N) is 3. The Balaban J connectivity index is 1.54. The average Bonchev–Trinajstić information content (AvgIpc) is 3.28. The van der Waals surface area contributed by atoms with Gasteiger partial charge in [-0.2, -0.15) is 0 Å². The normalized spacial score (nSPS) is 10.8. The van der Waals surface area contributed by atoms with Gasteiger partial charge in [-0.3, -0.25) is 4.99 Å². The monoisotopic (exact) mass is 399 g/mol. The maximum atomic E-state index is 5.26. The van der Waals surface area contributed by atoms with Crippen LogP contribution in [0.2, 0.25) is 0 Å². The molecule has 0 fully saturated rings. The van der Waals surface area contributed by atoms with Gasteiger partial charge in [-0.15, -0.1) is 0 Å². The maximum Gasteiger partial charge on any atom is 0.203 e. The minimum absolute atomic E-state index is 0.576. The minimum atomic E-state index is 0.576. The lowest BCUT2D eigenvalue weighted by Crippen LogP contribution is -2.21. The average molecular weight is 400 g/mol. The summed E-state index contributed by atoms with van der Waals surface area (Å²) in [5.74, 6) is 2.20. The predicted octanol–water partition coefficient (Wildman–Crippen LogP) is 4.43. The first-order valence-corrected chi connectivity index (χ1v) is 9.72. The van der Waals surface area contributed by atoms with Crippen LogP contribution in [0.3, 0.4) is 0 Å². The van der Waals surface area contributed by atoms with Crippen LogP contribution < -0.4 is 20.1 Å². The largest absolute Gasteiger partial charge is 0.497 e. The molecule has 2 N–H and O–H groups in total. The van der Waals surface area contributed by atoms with Gasteiger partial charge in [0.05, 0.1) is 34.7 Å². The van der Waals surface area contributed by atoms with Gasteiger partial charge in [0.1, 0.15) is 11.5 Å². The van der Waals surface area contributed by atoms with Crippen molar-refractivity contribution >= 4 is 59.3 Å². The molecule has 0 atom stereocenters. The van der Waals surface area contributed by atoms with Crippen LogP contribution >= 0.6 is 22.7 Å². The number of fused-ring (bicyclic) bond motifs is 2. The van der Waals surface area contributed by atoms with Crippen LogP contribution in [0.1, 0.15) is 0 Å². The number of rotatable bonds is 4. The SMILES string of the molecule is CN=C(Nc1nc2ccc(OC)cc2s1)Nc1nc2ccc(OC)cc2s1. The Labute approximate surface area is 163 Å². The maximum absolute atomic E-state index is 5.26. The summed E-state index contributed by atoms with van der Waals surface area (Å²) in [6, 6.07) is 11.6. The van der Waals surface area contributed by atoms with E-state index < -0.39 is 0 Å². The molecule has 9 heteroatoms. The number of methoxy groups -OCH3 is 2. The topological polar surface area (TPSA) is 80.7 Å². The molecule has 0 saturated heterocycles. The van der Waals surface area contributed by atoms with Crippen LogP contribution in [0.15, 0.2) is 41.4 Å². The number of anilines is 2. The number of guanidine groups is 1. The van der Waals surface area contributed by atoms with Crippen LogP contribution in [0, 0.1) is 0 Å². The molecule has 2 aromatic heterocycles. The third-order valence-corrected chi connectivity index (χ3v) is 5.73. The van der Waals surface area contributed by atoms with E-state index in [2.05, 4.69) is 25.6 Å². The zero-order chi connectivity index (χ0) is 18.8. The molecular formula is C18H17N5O2S2. The van der Waals surface area contributed by atoms with Crippen molar-refractivity contribution in [1.29, 1.82) is 0 Å². The van der Waals surface area contributed by atoms with Crippen LogP contribution in [0.5, 0.6) is 11.5 Å². The summed E-state index contributed by atoms with van der Waals surface area (Å²) in [4.78, 5) is 13.4. The van der Waals surface area contributed by atoms with Gasteiger partial charge in [-0.1, -0.05) is 22.7 Å². The van der Waals surface area contributed by atoms with Crippen LogP contribution in [-0.2, 0) is 0 Å². The summed E-state index contributed by atoms with van der Waals surface area (Å²) in [5.41, 5.74) is 1.82. The van der Waals surface area contributed by atoms with Crippen molar-refractivity contribution in [3.8, 4) is 11.5 Å². The van der Waals surface area contributed by atoms with E-state index >= 15 is 0 Å². The van der Waals surface area contributed by atoms with E-state index in [1.54, 1.807) is 21.3 Å². The summed E-state index contributed by atoms with van der Waals surface area (Å²) in [5, 5.41) is 7.93. The lowest BCUT2D eigenvalue weighted by molar-refractivity contribution is 0.415. The van der Waals surface area contributed by atoms with E-state index in [9.17, 15) is 0 Å². The van der Waals surface area contributed by atoms with Crippen LogP contribution in [0.4, 0.5) is 10.3 Å². The Kier molecular flexibility index (Phi) is 4.78. The molecule has 0 aliphatic heterocycles. The summed E-state index contributed by atoms with van der Waals surface area (Å²) in [6.45, 7) is 0. The highest BCUT2D eigenvalue weighted by molar-refractivity contribution is 7.23. The lowest BCUT2D eigenvalue weighted by atomic mass is 10.3. The van der Waals surface area contributed by atoms with Gasteiger partial charge in [0.25, 0.3) is 0 Å². The van der Waals surface area contributed by atoms with Gasteiger partial charge in [0.15, 0.2) is 10.3 Å². The second-order valence-electron chi connectivity index (χ2n) is 5.53. The molecule has 0 saturated carbocycles. The Morgan fingerprint density at radius 1 is 0.852 bits per heavy atom. The summed E-state index contributed by atoms with van der Waals surface area (Å²) in [7, 11) is 5.02. The van der Waals surface area contributed by atoms with Gasteiger partial charge in [0.2, 0.25) is 5.96 Å². The van der Waals surface area contributed by atoms with Crippen LogP contribution in [0.25, 0.3) is 20.4 Å². The minimum Gasteiger partial charge on any atom is -0.497 e. The van der Waals surface area contributed by atoms with Crippen molar-refractivity contribution in [3.63, 3.8) is 0 Å². The first-order valence-electron chi connectivity index (χ1n) is 8.08. The zero-order valence-electron chi connectivity index (χ0n) is 14.9. The second-order valence-corrected chi connectivity index (χ2v) is 7.59. The van der Waals surface area contributed by atoms with Gasteiger partial charge in [-0.05, 0) is 36.4 Å². The van der Waals surface area contributed by atoms with Gasteiger partial charge >= 0.3 is 0 Å². The predicted molar refractivity (Wildman–Crippen MR) is 113 cm³/mol. The molecule has 4 aromatic rings. The van der Waals surface area contributed by atoms with Gasteiger partial charge in [0, 0.05) is 7.05 Å². The highest BCUT2D eigenvalue weighted by Crippen LogP contribution is 2.31. The second kappa shape index (κ2) is 7.37. The summed E-state index contributed by atoms with van der Waals surface area (Å²) < 4.78 is 12.6. The number of thiazole rings is 2. The Morgan fingerprint density at radius 2 is 1.33 bits per heavy atom. The molecule has 7 nitrogen and oxygen atoms in total. The Hall–Kier alpha value is -2.91. The third-order valence-electron chi connectivity index (χ3n) is 3.87. The van der Waals surface area contributed by atoms with Crippen molar-refractivity contribution < 1.29 is 9.47 Å². The molecule has 0 aliphatic rings. The lowest BCUT2D eigenvalue weighted by Gasteiger charge is -2.06. The number of aromatic nitrogens is 2. The fourth-order valence-corrected chi connectivity index (χ4v) is 4.30. The number of hydrogen-bond donors (Lipinski definition) is 2. The molecular weight excluding hydrogens is 382 g/mol.